The van der Waals surface area contributed by atoms with Crippen LogP contribution >= 0.6 is 0 Å². The van der Waals surface area contributed by atoms with Crippen LogP contribution in [0, 0.1) is 6.92 Å². The third-order valence-electron chi connectivity index (χ3n) is 3.04. The molecule has 2 rings (SSSR count). The van der Waals surface area contributed by atoms with Crippen LogP contribution in [-0.2, 0) is 10.4 Å². The first-order chi connectivity index (χ1) is 8.56. The number of carboxylic acids is 1. The molecule has 3 nitrogen and oxygen atoms in total. The second kappa shape index (κ2) is 4.63. The van der Waals surface area contributed by atoms with E-state index in [1.165, 1.54) is 0 Å². The largest absolute Gasteiger partial charge is 0.479 e. The van der Waals surface area contributed by atoms with Crippen molar-refractivity contribution in [3.8, 4) is 0 Å². The topological polar surface area (TPSA) is 57.5 Å². The van der Waals surface area contributed by atoms with Gasteiger partial charge in [-0.3, -0.25) is 0 Å². The van der Waals surface area contributed by atoms with Gasteiger partial charge in [-0.2, -0.15) is 0 Å². The molecule has 0 radical (unpaired) electrons. The van der Waals surface area contributed by atoms with Gasteiger partial charge in [0.2, 0.25) is 5.60 Å². The highest BCUT2D eigenvalue weighted by Crippen LogP contribution is 2.31. The first-order valence-electron chi connectivity index (χ1n) is 5.64. The highest BCUT2D eigenvalue weighted by molar-refractivity contribution is 5.84. The van der Waals surface area contributed by atoms with Crippen LogP contribution in [0.25, 0.3) is 0 Å². The Morgan fingerprint density at radius 3 is 2.11 bits per heavy atom. The molecule has 2 N–H and O–H groups in total. The molecule has 2 aromatic carbocycles. The number of rotatable bonds is 3. The van der Waals surface area contributed by atoms with Crippen LogP contribution in [0.15, 0.2) is 54.6 Å². The van der Waals surface area contributed by atoms with E-state index in [-0.39, 0.29) is 0 Å². The Morgan fingerprint density at radius 1 is 1.00 bits per heavy atom. The van der Waals surface area contributed by atoms with Gasteiger partial charge in [0.05, 0.1) is 0 Å². The molecule has 0 aromatic heterocycles. The average molecular weight is 242 g/mol. The molecule has 0 fully saturated rings. The van der Waals surface area contributed by atoms with Crippen LogP contribution in [0.3, 0.4) is 0 Å². The summed E-state index contributed by atoms with van der Waals surface area (Å²) in [5.41, 5.74) is -0.520. The molecule has 0 spiro atoms. The van der Waals surface area contributed by atoms with Gasteiger partial charge in [0.15, 0.2) is 0 Å². The number of aryl methyl sites for hydroxylation is 1. The van der Waals surface area contributed by atoms with Crippen molar-refractivity contribution in [1.82, 2.24) is 0 Å². The highest BCUT2D eigenvalue weighted by Gasteiger charge is 2.40. The lowest BCUT2D eigenvalue weighted by molar-refractivity contribution is -0.155. The van der Waals surface area contributed by atoms with E-state index < -0.39 is 11.6 Å². The standard InChI is InChI=1S/C15H14O3/c1-11-7-5-6-10-13(11)15(18,14(16)17)12-8-3-2-4-9-12/h2-10,18H,1H3,(H,16,17). The zero-order valence-electron chi connectivity index (χ0n) is 10.00. The summed E-state index contributed by atoms with van der Waals surface area (Å²) in [4.78, 5) is 11.5. The first-order valence-corrected chi connectivity index (χ1v) is 5.64. The first kappa shape index (κ1) is 12.3. The number of carboxylic acid groups (broad SMARTS) is 1. The van der Waals surface area contributed by atoms with Gasteiger partial charge in [-0.15, -0.1) is 0 Å². The summed E-state index contributed by atoms with van der Waals surface area (Å²) in [5, 5.41) is 20.0. The predicted molar refractivity (Wildman–Crippen MR) is 68.3 cm³/mol. The van der Waals surface area contributed by atoms with Gasteiger partial charge >= 0.3 is 5.97 Å². The monoisotopic (exact) mass is 242 g/mol. The molecule has 0 saturated heterocycles. The minimum atomic E-state index is -2.01. The van der Waals surface area contributed by atoms with Crippen molar-refractivity contribution in [3.63, 3.8) is 0 Å². The van der Waals surface area contributed by atoms with Crippen LogP contribution in [0.2, 0.25) is 0 Å². The molecule has 0 amide bonds. The number of hydrogen-bond acceptors (Lipinski definition) is 2. The van der Waals surface area contributed by atoms with E-state index in [2.05, 4.69) is 0 Å². The summed E-state index contributed by atoms with van der Waals surface area (Å²) >= 11 is 0. The van der Waals surface area contributed by atoms with Crippen LogP contribution < -0.4 is 0 Å². The van der Waals surface area contributed by atoms with Gasteiger partial charge in [0, 0.05) is 5.56 Å². The third-order valence-corrected chi connectivity index (χ3v) is 3.04. The number of aliphatic carboxylic acids is 1. The van der Waals surface area contributed by atoms with Crippen molar-refractivity contribution in [3.05, 3.63) is 71.3 Å². The van der Waals surface area contributed by atoms with Gasteiger partial charge in [-0.05, 0) is 18.1 Å². The summed E-state index contributed by atoms with van der Waals surface area (Å²) in [6.07, 6.45) is 0. The van der Waals surface area contributed by atoms with Gasteiger partial charge in [0.25, 0.3) is 0 Å². The minimum Gasteiger partial charge on any atom is -0.479 e. The molecule has 1 atom stereocenters. The quantitative estimate of drug-likeness (QED) is 0.868. The van der Waals surface area contributed by atoms with E-state index in [0.29, 0.717) is 11.1 Å². The fraction of sp³-hybridized carbons (Fsp3) is 0.133. The molecule has 1 unspecified atom stereocenters. The zero-order valence-corrected chi connectivity index (χ0v) is 10.00. The fourth-order valence-corrected chi connectivity index (χ4v) is 2.05. The van der Waals surface area contributed by atoms with Gasteiger partial charge in [-0.1, -0.05) is 54.6 Å². The van der Waals surface area contributed by atoms with E-state index in [0.717, 1.165) is 5.56 Å². The third kappa shape index (κ3) is 1.89. The Balaban J connectivity index is 2.67. The molecule has 18 heavy (non-hydrogen) atoms. The van der Waals surface area contributed by atoms with Gasteiger partial charge in [-0.25, -0.2) is 4.79 Å². The Labute approximate surface area is 105 Å². The summed E-state index contributed by atoms with van der Waals surface area (Å²) in [5.74, 6) is -1.27. The molecule has 2 aromatic rings. The van der Waals surface area contributed by atoms with Crippen LogP contribution in [0.1, 0.15) is 16.7 Å². The van der Waals surface area contributed by atoms with Gasteiger partial charge in [0.1, 0.15) is 0 Å². The molecule has 0 aliphatic carbocycles. The fourth-order valence-electron chi connectivity index (χ4n) is 2.05. The molecule has 3 heteroatoms. The maximum atomic E-state index is 11.5. The molecular weight excluding hydrogens is 228 g/mol. The minimum absolute atomic E-state index is 0.354. The van der Waals surface area contributed by atoms with Crippen molar-refractivity contribution in [2.45, 2.75) is 12.5 Å². The van der Waals surface area contributed by atoms with E-state index in [4.69, 9.17) is 0 Å². The number of hydrogen-bond donors (Lipinski definition) is 2. The lowest BCUT2D eigenvalue weighted by atomic mass is 9.84. The number of aliphatic hydroxyl groups is 1. The maximum Gasteiger partial charge on any atom is 0.345 e. The number of benzene rings is 2. The number of carbonyl (C=O) groups is 1. The second-order valence-electron chi connectivity index (χ2n) is 4.20. The van der Waals surface area contributed by atoms with Crippen LogP contribution in [0.4, 0.5) is 0 Å². The summed E-state index contributed by atoms with van der Waals surface area (Å²) in [6.45, 7) is 1.78. The molecule has 0 heterocycles. The van der Waals surface area contributed by atoms with Crippen LogP contribution in [0.5, 0.6) is 0 Å². The lowest BCUT2D eigenvalue weighted by Gasteiger charge is -2.26. The normalized spacial score (nSPS) is 13.9. The summed E-state index contributed by atoms with van der Waals surface area (Å²) < 4.78 is 0. The van der Waals surface area contributed by atoms with Crippen molar-refractivity contribution in [2.75, 3.05) is 0 Å². The van der Waals surface area contributed by atoms with E-state index in [9.17, 15) is 15.0 Å². The Hall–Kier alpha value is -2.13. The molecule has 92 valence electrons. The van der Waals surface area contributed by atoms with Crippen molar-refractivity contribution < 1.29 is 15.0 Å². The average Bonchev–Trinajstić information content (AvgIpc) is 2.39. The van der Waals surface area contributed by atoms with Gasteiger partial charge < -0.3 is 10.2 Å². The maximum absolute atomic E-state index is 11.5. The van der Waals surface area contributed by atoms with E-state index >= 15 is 0 Å². The van der Waals surface area contributed by atoms with Crippen molar-refractivity contribution in [2.24, 2.45) is 0 Å². The summed E-state index contributed by atoms with van der Waals surface area (Å²) in [7, 11) is 0. The zero-order chi connectivity index (χ0) is 13.2. The Kier molecular flexibility index (Phi) is 3.17. The SMILES string of the molecule is Cc1ccccc1C(O)(C(=O)O)c1ccccc1. The molecule has 0 aliphatic rings. The van der Waals surface area contributed by atoms with Crippen LogP contribution in [-0.4, -0.2) is 16.2 Å². The van der Waals surface area contributed by atoms with Crippen molar-refractivity contribution >= 4 is 5.97 Å². The van der Waals surface area contributed by atoms with E-state index in [1.807, 2.05) is 6.07 Å². The second-order valence-corrected chi connectivity index (χ2v) is 4.20. The van der Waals surface area contributed by atoms with Crippen molar-refractivity contribution in [1.29, 1.82) is 0 Å². The van der Waals surface area contributed by atoms with E-state index in [1.54, 1.807) is 55.5 Å². The molecular formula is C15H14O3. The Bertz CT molecular complexity index is 563. The highest BCUT2D eigenvalue weighted by atomic mass is 16.4. The summed E-state index contributed by atoms with van der Waals surface area (Å²) in [6, 6.07) is 15.4. The predicted octanol–water partition coefficient (Wildman–Crippen LogP) is 2.32. The smallest absolute Gasteiger partial charge is 0.345 e. The molecule has 0 saturated carbocycles. The molecule has 0 aliphatic heterocycles. The molecule has 0 bridgehead atoms. The Morgan fingerprint density at radius 2 is 1.56 bits per heavy atom. The lowest BCUT2D eigenvalue weighted by Crippen LogP contribution is -2.37.